The third kappa shape index (κ3) is 4.02. The van der Waals surface area contributed by atoms with Crippen LogP contribution in [0.4, 0.5) is 5.82 Å². The molecule has 1 amide bonds. The monoisotopic (exact) mass is 342 g/mol. The van der Waals surface area contributed by atoms with Gasteiger partial charge in [0.25, 0.3) is 0 Å². The van der Waals surface area contributed by atoms with Crippen molar-refractivity contribution in [2.24, 2.45) is 7.05 Å². The number of nitrogens with zero attached hydrogens (tertiary/aromatic N) is 3. The van der Waals surface area contributed by atoms with Crippen molar-refractivity contribution in [3.63, 3.8) is 0 Å². The maximum absolute atomic E-state index is 12.7. The van der Waals surface area contributed by atoms with E-state index in [2.05, 4.69) is 17.3 Å². The molecule has 0 aliphatic carbocycles. The smallest absolute Gasteiger partial charge is 0.245 e. The summed E-state index contributed by atoms with van der Waals surface area (Å²) in [5, 5.41) is 17.1. The van der Waals surface area contributed by atoms with Crippen LogP contribution in [0.15, 0.2) is 30.3 Å². The summed E-state index contributed by atoms with van der Waals surface area (Å²) >= 11 is 0. The zero-order valence-electron chi connectivity index (χ0n) is 15.1. The second kappa shape index (κ2) is 7.27. The Labute approximate surface area is 148 Å². The van der Waals surface area contributed by atoms with E-state index in [4.69, 9.17) is 0 Å². The minimum Gasteiger partial charge on any atom is -0.508 e. The molecule has 0 bridgehead atoms. The van der Waals surface area contributed by atoms with Gasteiger partial charge in [-0.05, 0) is 50.8 Å². The number of carbonyl (C=O) groups is 1. The van der Waals surface area contributed by atoms with Gasteiger partial charge in [-0.25, -0.2) is 0 Å². The standard InChI is InChI=1S/C19H26N4O2/c1-13(4-5-15-6-8-16(24)9-7-15)20-17-10-11-23(19(17)25)18-12-14(2)21-22(18)3/h6-9,12-13,17,20,24H,4-5,10-11H2,1-3H3/t13-,17-/m1/s1. The van der Waals surface area contributed by atoms with E-state index in [0.29, 0.717) is 0 Å². The maximum atomic E-state index is 12.7. The molecule has 0 spiro atoms. The lowest BCUT2D eigenvalue weighted by Crippen LogP contribution is -2.43. The van der Waals surface area contributed by atoms with Crippen molar-refractivity contribution < 1.29 is 9.90 Å². The number of aryl methyl sites for hydroxylation is 3. The number of phenolic OH excluding ortho intramolecular Hbond substituents is 1. The molecule has 6 nitrogen and oxygen atoms in total. The first kappa shape index (κ1) is 17.5. The summed E-state index contributed by atoms with van der Waals surface area (Å²) in [7, 11) is 1.87. The summed E-state index contributed by atoms with van der Waals surface area (Å²) in [6, 6.07) is 9.36. The third-order valence-electron chi connectivity index (χ3n) is 4.75. The summed E-state index contributed by atoms with van der Waals surface area (Å²) in [4.78, 5) is 14.5. The van der Waals surface area contributed by atoms with Gasteiger partial charge >= 0.3 is 0 Å². The van der Waals surface area contributed by atoms with Crippen molar-refractivity contribution in [3.05, 3.63) is 41.6 Å². The van der Waals surface area contributed by atoms with E-state index in [1.165, 1.54) is 5.56 Å². The molecule has 3 rings (SSSR count). The summed E-state index contributed by atoms with van der Waals surface area (Å²) < 4.78 is 1.77. The Morgan fingerprint density at radius 1 is 1.36 bits per heavy atom. The third-order valence-corrected chi connectivity index (χ3v) is 4.75. The minimum atomic E-state index is -0.134. The van der Waals surface area contributed by atoms with E-state index in [9.17, 15) is 9.90 Å². The van der Waals surface area contributed by atoms with E-state index < -0.39 is 0 Å². The van der Waals surface area contributed by atoms with Crippen LogP contribution in [-0.4, -0.2) is 39.4 Å². The molecule has 134 valence electrons. The zero-order chi connectivity index (χ0) is 18.0. The lowest BCUT2D eigenvalue weighted by molar-refractivity contribution is -0.119. The number of aromatic nitrogens is 2. The first-order valence-corrected chi connectivity index (χ1v) is 8.80. The number of anilines is 1. The molecular formula is C19H26N4O2. The number of benzene rings is 1. The summed E-state index contributed by atoms with van der Waals surface area (Å²) in [5.41, 5.74) is 2.11. The first-order chi connectivity index (χ1) is 11.9. The van der Waals surface area contributed by atoms with Gasteiger partial charge in [0.15, 0.2) is 0 Å². The number of phenols is 1. The van der Waals surface area contributed by atoms with Crippen LogP contribution < -0.4 is 10.2 Å². The second-order valence-corrected chi connectivity index (χ2v) is 6.87. The SMILES string of the molecule is Cc1cc(N2CC[C@@H](N[C@H](C)CCc3ccc(O)cc3)C2=O)n(C)n1. The molecular weight excluding hydrogens is 316 g/mol. The van der Waals surface area contributed by atoms with E-state index in [1.54, 1.807) is 16.8 Å². The van der Waals surface area contributed by atoms with Crippen molar-refractivity contribution in [2.75, 3.05) is 11.4 Å². The fourth-order valence-corrected chi connectivity index (χ4v) is 3.38. The molecule has 6 heteroatoms. The Morgan fingerprint density at radius 3 is 2.72 bits per heavy atom. The molecule has 2 heterocycles. The zero-order valence-corrected chi connectivity index (χ0v) is 15.1. The van der Waals surface area contributed by atoms with Crippen molar-refractivity contribution in [2.45, 2.75) is 45.2 Å². The van der Waals surface area contributed by atoms with Crippen LogP contribution in [0.1, 0.15) is 31.0 Å². The van der Waals surface area contributed by atoms with Crippen molar-refractivity contribution in [1.82, 2.24) is 15.1 Å². The van der Waals surface area contributed by atoms with Crippen LogP contribution >= 0.6 is 0 Å². The van der Waals surface area contributed by atoms with Crippen LogP contribution in [0.25, 0.3) is 0 Å². The minimum absolute atomic E-state index is 0.125. The van der Waals surface area contributed by atoms with E-state index >= 15 is 0 Å². The van der Waals surface area contributed by atoms with E-state index in [-0.39, 0.29) is 23.7 Å². The quantitative estimate of drug-likeness (QED) is 0.844. The lowest BCUT2D eigenvalue weighted by atomic mass is 10.1. The number of rotatable bonds is 6. The highest BCUT2D eigenvalue weighted by Gasteiger charge is 2.34. The summed E-state index contributed by atoms with van der Waals surface area (Å²) in [6.07, 6.45) is 2.67. The topological polar surface area (TPSA) is 70.4 Å². The Bertz CT molecular complexity index is 738. The molecule has 0 unspecified atom stereocenters. The lowest BCUT2D eigenvalue weighted by Gasteiger charge is -2.20. The van der Waals surface area contributed by atoms with Crippen LogP contribution in [0, 0.1) is 6.92 Å². The normalized spacial score (nSPS) is 18.8. The van der Waals surface area contributed by atoms with Crippen molar-refractivity contribution in [3.8, 4) is 5.75 Å². The average Bonchev–Trinajstić information content (AvgIpc) is 3.09. The van der Waals surface area contributed by atoms with Gasteiger partial charge in [-0.15, -0.1) is 0 Å². The number of carbonyl (C=O) groups excluding carboxylic acids is 1. The molecule has 1 saturated heterocycles. The summed E-state index contributed by atoms with van der Waals surface area (Å²) in [5.74, 6) is 1.28. The molecule has 2 atom stereocenters. The molecule has 1 aliphatic heterocycles. The molecule has 2 N–H and O–H groups in total. The highest BCUT2D eigenvalue weighted by atomic mass is 16.3. The highest BCUT2D eigenvalue weighted by molar-refractivity contribution is 5.98. The largest absolute Gasteiger partial charge is 0.508 e. The predicted molar refractivity (Wildman–Crippen MR) is 97.7 cm³/mol. The maximum Gasteiger partial charge on any atom is 0.245 e. The van der Waals surface area contributed by atoms with Gasteiger partial charge in [0.1, 0.15) is 11.6 Å². The molecule has 1 fully saturated rings. The number of nitrogens with one attached hydrogen (secondary N) is 1. The van der Waals surface area contributed by atoms with Gasteiger partial charge in [0.2, 0.25) is 5.91 Å². The number of amides is 1. The van der Waals surface area contributed by atoms with Crippen molar-refractivity contribution in [1.29, 1.82) is 0 Å². The fraction of sp³-hybridized carbons (Fsp3) is 0.474. The Balaban J connectivity index is 1.53. The highest BCUT2D eigenvalue weighted by Crippen LogP contribution is 2.22. The number of aromatic hydroxyl groups is 1. The van der Waals surface area contributed by atoms with Crippen LogP contribution in [0.5, 0.6) is 5.75 Å². The fourth-order valence-electron chi connectivity index (χ4n) is 3.38. The van der Waals surface area contributed by atoms with Gasteiger partial charge in [-0.2, -0.15) is 5.10 Å². The van der Waals surface area contributed by atoms with Gasteiger partial charge in [0.05, 0.1) is 11.7 Å². The molecule has 1 aromatic heterocycles. The summed E-state index contributed by atoms with van der Waals surface area (Å²) in [6.45, 7) is 4.77. The van der Waals surface area contributed by atoms with Crippen LogP contribution in [0.2, 0.25) is 0 Å². The van der Waals surface area contributed by atoms with Crippen LogP contribution in [-0.2, 0) is 18.3 Å². The molecule has 25 heavy (non-hydrogen) atoms. The first-order valence-electron chi connectivity index (χ1n) is 8.80. The molecule has 0 saturated carbocycles. The van der Waals surface area contributed by atoms with Crippen molar-refractivity contribution >= 4 is 11.7 Å². The van der Waals surface area contributed by atoms with Gasteiger partial charge < -0.3 is 10.4 Å². The number of hydrogen-bond donors (Lipinski definition) is 2. The molecule has 1 aliphatic rings. The molecule has 1 aromatic carbocycles. The Kier molecular flexibility index (Phi) is 5.08. The number of hydrogen-bond acceptors (Lipinski definition) is 4. The second-order valence-electron chi connectivity index (χ2n) is 6.87. The van der Waals surface area contributed by atoms with Gasteiger partial charge in [0, 0.05) is 25.7 Å². The van der Waals surface area contributed by atoms with E-state index in [1.807, 2.05) is 37.1 Å². The average molecular weight is 342 g/mol. The molecule has 2 aromatic rings. The Morgan fingerprint density at radius 2 is 2.08 bits per heavy atom. The van der Waals surface area contributed by atoms with Gasteiger partial charge in [-0.1, -0.05) is 12.1 Å². The van der Waals surface area contributed by atoms with E-state index in [0.717, 1.165) is 37.3 Å². The predicted octanol–water partition coefficient (Wildman–Crippen LogP) is 2.15. The Hall–Kier alpha value is -2.34. The molecule has 0 radical (unpaired) electrons. The van der Waals surface area contributed by atoms with Crippen LogP contribution in [0.3, 0.4) is 0 Å². The van der Waals surface area contributed by atoms with Gasteiger partial charge in [-0.3, -0.25) is 14.4 Å².